The van der Waals surface area contributed by atoms with Crippen LogP contribution in [-0.2, 0) is 0 Å². The van der Waals surface area contributed by atoms with Gasteiger partial charge in [0.05, 0.1) is 12.6 Å². The normalized spacial score (nSPS) is 12.2. The van der Waals surface area contributed by atoms with Gasteiger partial charge in [0.1, 0.15) is 17.1 Å². The molecule has 6 nitrogen and oxygen atoms in total. The van der Waals surface area contributed by atoms with Gasteiger partial charge in [0.2, 0.25) is 5.95 Å². The fourth-order valence-corrected chi connectivity index (χ4v) is 1.73. The lowest BCUT2D eigenvalue weighted by Gasteiger charge is -1.97. The van der Waals surface area contributed by atoms with Crippen LogP contribution in [-0.4, -0.2) is 29.1 Å². The monoisotopic (exact) mass is 273 g/mol. The number of aromatic amines is 1. The molecule has 1 aromatic carbocycles. The van der Waals surface area contributed by atoms with Gasteiger partial charge >= 0.3 is 0 Å². The number of aliphatic imine (C=N–C) groups is 1. The first kappa shape index (κ1) is 14.0. The predicted molar refractivity (Wildman–Crippen MR) is 82.0 cm³/mol. The van der Waals surface area contributed by atoms with E-state index in [0.717, 1.165) is 29.6 Å². The second-order valence-corrected chi connectivity index (χ2v) is 4.33. The van der Waals surface area contributed by atoms with Gasteiger partial charge < -0.3 is 9.72 Å². The topological polar surface area (TPSA) is 74.7 Å². The second kappa shape index (κ2) is 6.70. The third-order valence-corrected chi connectivity index (χ3v) is 2.69. The molecule has 0 spiro atoms. The number of para-hydroxylation sites is 1. The van der Waals surface area contributed by atoms with Crippen molar-refractivity contribution in [2.24, 2.45) is 10.1 Å². The molecular weight excluding hydrogens is 254 g/mol. The molecule has 0 amide bonds. The van der Waals surface area contributed by atoms with Gasteiger partial charge in [-0.15, -0.1) is 0 Å². The fraction of sp³-hybridized carbons (Fsp3) is 0.357. The van der Waals surface area contributed by atoms with E-state index in [1.807, 2.05) is 31.3 Å². The van der Waals surface area contributed by atoms with Gasteiger partial charge in [-0.1, -0.05) is 19.4 Å². The molecule has 0 bridgehead atoms. The maximum atomic E-state index is 5.27. The maximum absolute atomic E-state index is 5.27. The molecule has 6 heteroatoms. The van der Waals surface area contributed by atoms with E-state index in [0.29, 0.717) is 11.8 Å². The molecule has 2 N–H and O–H groups in total. The highest BCUT2D eigenvalue weighted by Crippen LogP contribution is 2.25. The summed E-state index contributed by atoms with van der Waals surface area (Å²) in [4.78, 5) is 11.9. The van der Waals surface area contributed by atoms with Crippen LogP contribution in [0.25, 0.3) is 11.0 Å². The molecule has 0 saturated carbocycles. The second-order valence-electron chi connectivity index (χ2n) is 4.33. The van der Waals surface area contributed by atoms with Gasteiger partial charge in [0.15, 0.2) is 0 Å². The van der Waals surface area contributed by atoms with Gasteiger partial charge in [-0.05, 0) is 25.5 Å². The summed E-state index contributed by atoms with van der Waals surface area (Å²) < 4.78 is 5.27. The molecule has 2 aromatic rings. The number of benzene rings is 1. The summed E-state index contributed by atoms with van der Waals surface area (Å²) in [6.07, 6.45) is 3.85. The van der Waals surface area contributed by atoms with E-state index in [9.17, 15) is 0 Å². The Balaban J connectivity index is 2.17. The van der Waals surface area contributed by atoms with Crippen LogP contribution in [0, 0.1) is 0 Å². The first-order valence-corrected chi connectivity index (χ1v) is 6.60. The standard InChI is InChI=1S/C14H19N5O/c1-4-5-9-15-19-10(2)16-14-17-11-7-6-8-12(20-3)13(11)18-14/h6-9H,4-5H2,1-3H3,(H2,16,17,18,19)/b15-9-. The molecule has 0 unspecified atom stereocenters. The van der Waals surface area contributed by atoms with E-state index in [1.54, 1.807) is 7.11 Å². The Morgan fingerprint density at radius 1 is 1.50 bits per heavy atom. The first-order valence-electron chi connectivity index (χ1n) is 6.60. The van der Waals surface area contributed by atoms with Crippen LogP contribution in [0.2, 0.25) is 0 Å². The Kier molecular flexibility index (Phi) is 4.70. The van der Waals surface area contributed by atoms with Crippen molar-refractivity contribution in [1.29, 1.82) is 0 Å². The van der Waals surface area contributed by atoms with Crippen molar-refractivity contribution < 1.29 is 4.74 Å². The van der Waals surface area contributed by atoms with Gasteiger partial charge in [-0.2, -0.15) is 10.1 Å². The number of fused-ring (bicyclic) bond motifs is 1. The number of hydrazone groups is 1. The van der Waals surface area contributed by atoms with Gasteiger partial charge in [0, 0.05) is 6.21 Å². The van der Waals surface area contributed by atoms with Crippen molar-refractivity contribution >= 4 is 29.0 Å². The zero-order chi connectivity index (χ0) is 14.4. The van der Waals surface area contributed by atoms with E-state index >= 15 is 0 Å². The Labute approximate surface area is 118 Å². The van der Waals surface area contributed by atoms with E-state index < -0.39 is 0 Å². The quantitative estimate of drug-likeness (QED) is 0.499. The number of nitrogens with zero attached hydrogens (tertiary/aromatic N) is 3. The summed E-state index contributed by atoms with van der Waals surface area (Å²) >= 11 is 0. The van der Waals surface area contributed by atoms with Gasteiger partial charge in [-0.3, -0.25) is 5.43 Å². The number of aromatic nitrogens is 2. The van der Waals surface area contributed by atoms with E-state index in [4.69, 9.17) is 4.74 Å². The lowest BCUT2D eigenvalue weighted by molar-refractivity contribution is 0.419. The molecule has 2 rings (SSSR count). The number of hydrogen-bond acceptors (Lipinski definition) is 4. The molecule has 106 valence electrons. The molecule has 0 aliphatic carbocycles. The molecule has 1 heterocycles. The van der Waals surface area contributed by atoms with Crippen molar-refractivity contribution in [3.05, 3.63) is 18.2 Å². The smallest absolute Gasteiger partial charge is 0.229 e. The van der Waals surface area contributed by atoms with E-state index in [2.05, 4.69) is 32.4 Å². The van der Waals surface area contributed by atoms with Crippen molar-refractivity contribution in [3.63, 3.8) is 0 Å². The maximum Gasteiger partial charge on any atom is 0.229 e. The number of hydrogen-bond donors (Lipinski definition) is 2. The number of H-pyrrole nitrogens is 1. The minimum absolute atomic E-state index is 0.528. The zero-order valence-electron chi connectivity index (χ0n) is 12.0. The molecule has 0 saturated heterocycles. The van der Waals surface area contributed by atoms with Crippen molar-refractivity contribution in [2.45, 2.75) is 26.7 Å². The van der Waals surface area contributed by atoms with Crippen LogP contribution in [0.4, 0.5) is 5.95 Å². The average Bonchev–Trinajstić information content (AvgIpc) is 2.85. The highest BCUT2D eigenvalue weighted by molar-refractivity contribution is 5.86. The zero-order valence-corrected chi connectivity index (χ0v) is 12.0. The Hall–Kier alpha value is -2.37. The van der Waals surface area contributed by atoms with Gasteiger partial charge in [-0.25, -0.2) is 4.98 Å². The first-order chi connectivity index (χ1) is 9.74. The molecule has 0 atom stereocenters. The Morgan fingerprint density at radius 2 is 2.35 bits per heavy atom. The van der Waals surface area contributed by atoms with E-state index in [1.165, 1.54) is 0 Å². The molecule has 0 aliphatic heterocycles. The summed E-state index contributed by atoms with van der Waals surface area (Å²) in [7, 11) is 1.63. The molecule has 0 radical (unpaired) electrons. The average molecular weight is 273 g/mol. The van der Waals surface area contributed by atoms with E-state index in [-0.39, 0.29) is 0 Å². The molecule has 20 heavy (non-hydrogen) atoms. The fourth-order valence-electron chi connectivity index (χ4n) is 1.73. The lowest BCUT2D eigenvalue weighted by atomic mass is 10.3. The highest BCUT2D eigenvalue weighted by Gasteiger charge is 2.06. The minimum atomic E-state index is 0.528. The number of unbranched alkanes of at least 4 members (excludes halogenated alkanes) is 1. The largest absolute Gasteiger partial charge is 0.494 e. The SMILES string of the molecule is CCC/C=N\N/C(C)=N\c1nc2c(OC)cccc2[nH]1. The molecule has 0 fully saturated rings. The summed E-state index contributed by atoms with van der Waals surface area (Å²) in [6, 6.07) is 5.72. The van der Waals surface area contributed by atoms with Crippen LogP contribution in [0.5, 0.6) is 5.75 Å². The number of amidine groups is 1. The predicted octanol–water partition coefficient (Wildman–Crippen LogP) is 3.00. The van der Waals surface area contributed by atoms with Crippen molar-refractivity contribution in [1.82, 2.24) is 15.4 Å². The third-order valence-electron chi connectivity index (χ3n) is 2.69. The minimum Gasteiger partial charge on any atom is -0.494 e. The number of nitrogens with one attached hydrogen (secondary N) is 2. The summed E-state index contributed by atoms with van der Waals surface area (Å²) in [5.41, 5.74) is 4.54. The van der Waals surface area contributed by atoms with Crippen LogP contribution in [0.1, 0.15) is 26.7 Å². The van der Waals surface area contributed by atoms with Crippen LogP contribution in [0.15, 0.2) is 28.3 Å². The number of ether oxygens (including phenoxy) is 1. The summed E-state index contributed by atoms with van der Waals surface area (Å²) in [5.74, 6) is 1.93. The molecule has 1 aromatic heterocycles. The molecule has 0 aliphatic rings. The number of imidazole rings is 1. The lowest BCUT2D eigenvalue weighted by Crippen LogP contribution is -2.12. The van der Waals surface area contributed by atoms with Crippen LogP contribution >= 0.6 is 0 Å². The molecular formula is C14H19N5O. The Morgan fingerprint density at radius 3 is 3.10 bits per heavy atom. The van der Waals surface area contributed by atoms with Crippen molar-refractivity contribution in [2.75, 3.05) is 7.11 Å². The van der Waals surface area contributed by atoms with Crippen molar-refractivity contribution in [3.8, 4) is 5.75 Å². The highest BCUT2D eigenvalue weighted by atomic mass is 16.5. The number of rotatable bonds is 5. The summed E-state index contributed by atoms with van der Waals surface area (Å²) in [5, 5.41) is 4.07. The van der Waals surface area contributed by atoms with Crippen LogP contribution in [0.3, 0.4) is 0 Å². The third kappa shape index (κ3) is 3.34. The number of methoxy groups -OCH3 is 1. The Bertz CT molecular complexity index is 630. The summed E-state index contributed by atoms with van der Waals surface area (Å²) in [6.45, 7) is 3.95. The van der Waals surface area contributed by atoms with Gasteiger partial charge in [0.25, 0.3) is 0 Å². The van der Waals surface area contributed by atoms with Crippen LogP contribution < -0.4 is 10.2 Å².